The summed E-state index contributed by atoms with van der Waals surface area (Å²) in [5.74, 6) is 0.429. The van der Waals surface area contributed by atoms with Crippen LogP contribution in [0.3, 0.4) is 0 Å². The molecule has 1 saturated carbocycles. The van der Waals surface area contributed by atoms with Crippen LogP contribution in [-0.4, -0.2) is 16.8 Å². The number of fused-ring (bicyclic) bond motifs is 1. The molecule has 0 bridgehead atoms. The molecule has 1 heterocycles. The van der Waals surface area contributed by atoms with E-state index in [-0.39, 0.29) is 5.91 Å². The van der Waals surface area contributed by atoms with Crippen molar-refractivity contribution in [1.82, 2.24) is 4.90 Å². The zero-order valence-electron chi connectivity index (χ0n) is 13.2. The van der Waals surface area contributed by atoms with Gasteiger partial charge in [-0.25, -0.2) is 0 Å². The van der Waals surface area contributed by atoms with Gasteiger partial charge in [-0.2, -0.15) is 0 Å². The quantitative estimate of drug-likeness (QED) is 0.708. The highest BCUT2D eigenvalue weighted by atomic mass is 16.3. The summed E-state index contributed by atoms with van der Waals surface area (Å²) in [5, 5.41) is 0.990. The molecule has 1 aliphatic carbocycles. The number of hydrogen-bond acceptors (Lipinski definition) is 2. The van der Waals surface area contributed by atoms with Gasteiger partial charge in [0.15, 0.2) is 5.76 Å². The Balaban J connectivity index is 1.63. The maximum absolute atomic E-state index is 12.9. The van der Waals surface area contributed by atoms with Gasteiger partial charge in [-0.1, -0.05) is 42.0 Å². The predicted molar refractivity (Wildman–Crippen MR) is 90.3 cm³/mol. The van der Waals surface area contributed by atoms with Crippen LogP contribution in [0.4, 0.5) is 0 Å². The van der Waals surface area contributed by atoms with Crippen LogP contribution >= 0.6 is 0 Å². The normalized spacial score (nSPS) is 14.1. The van der Waals surface area contributed by atoms with Gasteiger partial charge < -0.3 is 9.32 Å². The van der Waals surface area contributed by atoms with Crippen LogP contribution in [0.15, 0.2) is 59.0 Å². The zero-order chi connectivity index (χ0) is 15.8. The van der Waals surface area contributed by atoms with Crippen molar-refractivity contribution >= 4 is 16.9 Å². The minimum absolute atomic E-state index is 0.00907. The van der Waals surface area contributed by atoms with Crippen molar-refractivity contribution in [3.8, 4) is 0 Å². The molecule has 1 fully saturated rings. The number of aryl methyl sites for hydroxylation is 1. The number of furan rings is 1. The fraction of sp³-hybridized carbons (Fsp3) is 0.250. The number of hydrogen-bond donors (Lipinski definition) is 0. The van der Waals surface area contributed by atoms with Gasteiger partial charge in [-0.3, -0.25) is 4.79 Å². The SMILES string of the molecule is Cc1ccc2oc(C(=O)N(Cc3ccccc3)C3CC3)cc2c1. The lowest BCUT2D eigenvalue weighted by molar-refractivity contribution is 0.0700. The van der Waals surface area contributed by atoms with E-state index in [0.29, 0.717) is 18.3 Å². The molecule has 116 valence electrons. The summed E-state index contributed by atoms with van der Waals surface area (Å²) >= 11 is 0. The van der Waals surface area contributed by atoms with E-state index in [1.807, 2.05) is 54.3 Å². The molecular weight excluding hydrogens is 286 g/mol. The molecule has 1 aliphatic rings. The van der Waals surface area contributed by atoms with E-state index >= 15 is 0 Å². The number of carbonyl (C=O) groups is 1. The third-order valence-corrected chi connectivity index (χ3v) is 4.33. The van der Waals surface area contributed by atoms with Crippen LogP contribution in [0.5, 0.6) is 0 Å². The van der Waals surface area contributed by atoms with Crippen molar-refractivity contribution in [2.45, 2.75) is 32.4 Å². The highest BCUT2D eigenvalue weighted by molar-refractivity contribution is 5.96. The minimum atomic E-state index is -0.00907. The van der Waals surface area contributed by atoms with E-state index < -0.39 is 0 Å². The van der Waals surface area contributed by atoms with Crippen molar-refractivity contribution in [2.24, 2.45) is 0 Å². The van der Waals surface area contributed by atoms with Crippen LogP contribution in [0.25, 0.3) is 11.0 Å². The Labute approximate surface area is 135 Å². The third kappa shape index (κ3) is 2.87. The largest absolute Gasteiger partial charge is 0.451 e. The molecule has 23 heavy (non-hydrogen) atoms. The van der Waals surface area contributed by atoms with Crippen molar-refractivity contribution in [2.75, 3.05) is 0 Å². The molecule has 0 radical (unpaired) electrons. The van der Waals surface area contributed by atoms with E-state index in [9.17, 15) is 4.79 Å². The lowest BCUT2D eigenvalue weighted by atomic mass is 10.2. The first-order valence-corrected chi connectivity index (χ1v) is 8.06. The molecule has 4 rings (SSSR count). The molecule has 3 aromatic rings. The maximum atomic E-state index is 12.9. The first kappa shape index (κ1) is 14.1. The summed E-state index contributed by atoms with van der Waals surface area (Å²) in [7, 11) is 0. The van der Waals surface area contributed by atoms with E-state index in [1.54, 1.807) is 0 Å². The molecule has 0 aliphatic heterocycles. The Bertz CT molecular complexity index is 846. The first-order chi connectivity index (χ1) is 11.2. The molecule has 3 heteroatoms. The molecule has 0 N–H and O–H groups in total. The second kappa shape index (κ2) is 5.58. The molecule has 0 saturated heterocycles. The standard InChI is InChI=1S/C20H19NO2/c1-14-7-10-18-16(11-14)12-19(23-18)20(22)21(17-8-9-17)13-15-5-3-2-4-6-15/h2-7,10-12,17H,8-9,13H2,1H3. The summed E-state index contributed by atoms with van der Waals surface area (Å²) in [5.41, 5.74) is 3.09. The fourth-order valence-electron chi connectivity index (χ4n) is 2.94. The van der Waals surface area contributed by atoms with Crippen LogP contribution in [0.1, 0.15) is 34.5 Å². The number of rotatable bonds is 4. The van der Waals surface area contributed by atoms with Crippen molar-refractivity contribution in [3.05, 3.63) is 71.5 Å². The van der Waals surface area contributed by atoms with Gasteiger partial charge in [0.05, 0.1) is 0 Å². The minimum Gasteiger partial charge on any atom is -0.451 e. The van der Waals surface area contributed by atoms with E-state index in [4.69, 9.17) is 4.42 Å². The smallest absolute Gasteiger partial charge is 0.290 e. The summed E-state index contributed by atoms with van der Waals surface area (Å²) in [6.07, 6.45) is 2.16. The van der Waals surface area contributed by atoms with Gasteiger partial charge in [0.25, 0.3) is 5.91 Å². The van der Waals surface area contributed by atoms with Gasteiger partial charge in [-0.15, -0.1) is 0 Å². The van der Waals surface area contributed by atoms with E-state index in [2.05, 4.69) is 12.1 Å². The van der Waals surface area contributed by atoms with Crippen molar-refractivity contribution < 1.29 is 9.21 Å². The molecule has 0 spiro atoms. The summed E-state index contributed by atoms with van der Waals surface area (Å²) < 4.78 is 5.79. The first-order valence-electron chi connectivity index (χ1n) is 8.06. The average Bonchev–Trinajstić information content (AvgIpc) is 3.32. The number of amides is 1. The van der Waals surface area contributed by atoms with Crippen molar-refractivity contribution in [3.63, 3.8) is 0 Å². The van der Waals surface area contributed by atoms with E-state index in [1.165, 1.54) is 5.56 Å². The molecule has 1 amide bonds. The highest BCUT2D eigenvalue weighted by Gasteiger charge is 2.34. The van der Waals surface area contributed by atoms with Crippen LogP contribution in [0, 0.1) is 6.92 Å². The monoisotopic (exact) mass is 305 g/mol. The van der Waals surface area contributed by atoms with E-state index in [0.717, 1.165) is 29.4 Å². The second-order valence-corrected chi connectivity index (χ2v) is 6.30. The Hall–Kier alpha value is -2.55. The molecular formula is C20H19NO2. The Morgan fingerprint density at radius 3 is 2.65 bits per heavy atom. The van der Waals surface area contributed by atoms with Gasteiger partial charge in [-0.05, 0) is 43.5 Å². The van der Waals surface area contributed by atoms with Gasteiger partial charge >= 0.3 is 0 Å². The molecule has 0 unspecified atom stereocenters. The van der Waals surface area contributed by atoms with Gasteiger partial charge in [0.1, 0.15) is 5.58 Å². The third-order valence-electron chi connectivity index (χ3n) is 4.33. The average molecular weight is 305 g/mol. The molecule has 3 nitrogen and oxygen atoms in total. The van der Waals surface area contributed by atoms with Crippen molar-refractivity contribution in [1.29, 1.82) is 0 Å². The van der Waals surface area contributed by atoms with Crippen LogP contribution < -0.4 is 0 Å². The second-order valence-electron chi connectivity index (χ2n) is 6.30. The fourth-order valence-corrected chi connectivity index (χ4v) is 2.94. The van der Waals surface area contributed by atoms with Crippen LogP contribution in [0.2, 0.25) is 0 Å². The summed E-state index contributed by atoms with van der Waals surface area (Å²) in [6.45, 7) is 2.68. The lowest BCUT2D eigenvalue weighted by Gasteiger charge is -2.21. The van der Waals surface area contributed by atoms with Crippen LogP contribution in [-0.2, 0) is 6.54 Å². The topological polar surface area (TPSA) is 33.5 Å². The number of benzene rings is 2. The predicted octanol–water partition coefficient (Wildman–Crippen LogP) is 4.55. The molecule has 1 aromatic heterocycles. The summed E-state index contributed by atoms with van der Waals surface area (Å²) in [4.78, 5) is 14.9. The summed E-state index contributed by atoms with van der Waals surface area (Å²) in [6, 6.07) is 18.3. The molecule has 2 aromatic carbocycles. The zero-order valence-corrected chi connectivity index (χ0v) is 13.2. The Kier molecular flexibility index (Phi) is 3.41. The highest BCUT2D eigenvalue weighted by Crippen LogP contribution is 2.31. The molecule has 0 atom stereocenters. The lowest BCUT2D eigenvalue weighted by Crippen LogP contribution is -2.32. The Morgan fingerprint density at radius 2 is 1.91 bits per heavy atom. The number of nitrogens with zero attached hydrogens (tertiary/aromatic N) is 1. The van der Waals surface area contributed by atoms with Gasteiger partial charge in [0, 0.05) is 18.0 Å². The number of carbonyl (C=O) groups excluding carboxylic acids is 1. The Morgan fingerprint density at radius 1 is 1.13 bits per heavy atom. The van der Waals surface area contributed by atoms with Gasteiger partial charge in [0.2, 0.25) is 0 Å². The maximum Gasteiger partial charge on any atom is 0.290 e.